The maximum Gasteiger partial charge on any atom is 0.123 e. The Kier molecular flexibility index (Phi) is 3.70. The number of anilines is 1. The molecular weight excluding hydrogens is 287 g/mol. The van der Waals surface area contributed by atoms with Gasteiger partial charge in [0.1, 0.15) is 5.82 Å². The van der Waals surface area contributed by atoms with E-state index in [0.29, 0.717) is 6.54 Å². The molecule has 0 aliphatic heterocycles. The summed E-state index contributed by atoms with van der Waals surface area (Å²) in [7, 11) is 0. The fourth-order valence-corrected chi connectivity index (χ4v) is 3.37. The highest BCUT2D eigenvalue weighted by Gasteiger charge is 2.17. The number of fused-ring (bicyclic) bond motifs is 2. The lowest BCUT2D eigenvalue weighted by Crippen LogP contribution is -2.11. The minimum Gasteiger partial charge on any atom is -0.380 e. The molecule has 3 heteroatoms. The first-order valence-electron chi connectivity index (χ1n) is 8.20. The second-order valence-electron chi connectivity index (χ2n) is 6.12. The monoisotopic (exact) mass is 306 g/mol. The summed E-state index contributed by atoms with van der Waals surface area (Å²) >= 11 is 0. The number of nitrogens with zero attached hydrogens (tertiary/aromatic N) is 1. The van der Waals surface area contributed by atoms with E-state index in [2.05, 4.69) is 23.5 Å². The van der Waals surface area contributed by atoms with E-state index in [-0.39, 0.29) is 5.82 Å². The van der Waals surface area contributed by atoms with Crippen LogP contribution in [0.5, 0.6) is 0 Å². The van der Waals surface area contributed by atoms with Crippen molar-refractivity contribution in [3.05, 3.63) is 71.2 Å². The average molecular weight is 306 g/mol. The van der Waals surface area contributed by atoms with Crippen LogP contribution in [0, 0.1) is 5.82 Å². The number of halogens is 1. The SMILES string of the molecule is Fc1ccc(CNc2c3c(nc4ccccc24)CCCC3)cc1. The molecule has 1 N–H and O–H groups in total. The number of nitrogens with one attached hydrogen (secondary N) is 1. The summed E-state index contributed by atoms with van der Waals surface area (Å²) in [5, 5.41) is 4.77. The first kappa shape index (κ1) is 14.2. The molecule has 0 unspecified atom stereocenters. The zero-order chi connectivity index (χ0) is 15.6. The van der Waals surface area contributed by atoms with Crippen LogP contribution in [0.2, 0.25) is 0 Å². The summed E-state index contributed by atoms with van der Waals surface area (Å²) in [4.78, 5) is 4.85. The van der Waals surface area contributed by atoms with E-state index in [0.717, 1.165) is 23.9 Å². The third kappa shape index (κ3) is 2.79. The lowest BCUT2D eigenvalue weighted by atomic mass is 9.92. The van der Waals surface area contributed by atoms with Crippen molar-refractivity contribution in [3.63, 3.8) is 0 Å². The highest BCUT2D eigenvalue weighted by Crippen LogP contribution is 2.33. The van der Waals surface area contributed by atoms with Crippen LogP contribution in [-0.2, 0) is 19.4 Å². The molecule has 0 spiro atoms. The number of rotatable bonds is 3. The second-order valence-corrected chi connectivity index (χ2v) is 6.12. The van der Waals surface area contributed by atoms with Gasteiger partial charge in [0, 0.05) is 23.3 Å². The van der Waals surface area contributed by atoms with Crippen LogP contribution < -0.4 is 5.32 Å². The number of aromatic nitrogens is 1. The molecule has 3 aromatic rings. The number of pyridine rings is 1. The lowest BCUT2D eigenvalue weighted by molar-refractivity contribution is 0.627. The highest BCUT2D eigenvalue weighted by atomic mass is 19.1. The normalized spacial score (nSPS) is 13.8. The first-order chi connectivity index (χ1) is 11.3. The van der Waals surface area contributed by atoms with Crippen molar-refractivity contribution in [2.45, 2.75) is 32.2 Å². The van der Waals surface area contributed by atoms with Gasteiger partial charge in [-0.2, -0.15) is 0 Å². The van der Waals surface area contributed by atoms with Crippen molar-refractivity contribution in [2.24, 2.45) is 0 Å². The van der Waals surface area contributed by atoms with Gasteiger partial charge >= 0.3 is 0 Å². The Morgan fingerprint density at radius 3 is 2.61 bits per heavy atom. The van der Waals surface area contributed by atoms with Gasteiger partial charge in [-0.3, -0.25) is 4.98 Å². The Bertz CT molecular complexity index is 840. The Morgan fingerprint density at radius 1 is 0.957 bits per heavy atom. The maximum atomic E-state index is 13.1. The van der Waals surface area contributed by atoms with Crippen LogP contribution >= 0.6 is 0 Å². The van der Waals surface area contributed by atoms with Gasteiger partial charge in [-0.15, -0.1) is 0 Å². The molecule has 0 bridgehead atoms. The Hall–Kier alpha value is -2.42. The van der Waals surface area contributed by atoms with Crippen LogP contribution in [0.15, 0.2) is 48.5 Å². The Morgan fingerprint density at radius 2 is 1.74 bits per heavy atom. The van der Waals surface area contributed by atoms with Gasteiger partial charge in [-0.1, -0.05) is 30.3 Å². The minimum absolute atomic E-state index is 0.194. The first-order valence-corrected chi connectivity index (χ1v) is 8.20. The summed E-state index contributed by atoms with van der Waals surface area (Å²) < 4.78 is 13.1. The molecule has 1 heterocycles. The van der Waals surface area contributed by atoms with E-state index in [9.17, 15) is 4.39 Å². The van der Waals surface area contributed by atoms with E-state index in [4.69, 9.17) is 4.98 Å². The molecule has 0 saturated heterocycles. The van der Waals surface area contributed by atoms with Crippen LogP contribution in [0.4, 0.5) is 10.1 Å². The molecule has 2 aromatic carbocycles. The number of aryl methyl sites for hydroxylation is 1. The summed E-state index contributed by atoms with van der Waals surface area (Å²) in [6, 6.07) is 15.0. The quantitative estimate of drug-likeness (QED) is 0.747. The zero-order valence-corrected chi connectivity index (χ0v) is 13.0. The van der Waals surface area contributed by atoms with Crippen LogP contribution in [0.3, 0.4) is 0 Å². The van der Waals surface area contributed by atoms with Crippen LogP contribution in [-0.4, -0.2) is 4.98 Å². The number of benzene rings is 2. The Balaban J connectivity index is 1.73. The molecule has 116 valence electrons. The molecule has 1 aliphatic rings. The molecule has 1 aliphatic carbocycles. The van der Waals surface area contributed by atoms with E-state index >= 15 is 0 Å². The van der Waals surface area contributed by atoms with Crippen LogP contribution in [0.1, 0.15) is 29.7 Å². The third-order valence-corrected chi connectivity index (χ3v) is 4.55. The van der Waals surface area contributed by atoms with Gasteiger partial charge in [0.15, 0.2) is 0 Å². The van der Waals surface area contributed by atoms with E-state index in [1.54, 1.807) is 0 Å². The summed E-state index contributed by atoms with van der Waals surface area (Å²) in [6.45, 7) is 0.695. The molecule has 0 atom stereocenters. The fourth-order valence-electron chi connectivity index (χ4n) is 3.37. The number of hydrogen-bond acceptors (Lipinski definition) is 2. The van der Waals surface area contributed by atoms with E-state index in [1.807, 2.05) is 18.2 Å². The van der Waals surface area contributed by atoms with Crippen molar-refractivity contribution in [1.82, 2.24) is 4.98 Å². The average Bonchev–Trinajstić information content (AvgIpc) is 2.60. The third-order valence-electron chi connectivity index (χ3n) is 4.55. The molecule has 1 aromatic heterocycles. The second kappa shape index (κ2) is 5.99. The molecule has 0 radical (unpaired) electrons. The molecule has 4 rings (SSSR count). The number of para-hydroxylation sites is 1. The Labute approximate surface area is 135 Å². The summed E-state index contributed by atoms with van der Waals surface area (Å²) in [5.41, 5.74) is 5.93. The molecule has 2 nitrogen and oxygen atoms in total. The van der Waals surface area contributed by atoms with E-state index < -0.39 is 0 Å². The van der Waals surface area contributed by atoms with Crippen molar-refractivity contribution in [3.8, 4) is 0 Å². The molecule has 23 heavy (non-hydrogen) atoms. The van der Waals surface area contributed by atoms with Gasteiger partial charge in [0.25, 0.3) is 0 Å². The summed E-state index contributed by atoms with van der Waals surface area (Å²) in [6.07, 6.45) is 4.58. The molecular formula is C20H19FN2. The standard InChI is InChI=1S/C20H19FN2/c21-15-11-9-14(10-12-15)13-22-20-16-5-1-3-7-18(16)23-19-8-4-2-6-17(19)20/h1,3,5,7,9-12H,2,4,6,8,13H2,(H,22,23). The zero-order valence-electron chi connectivity index (χ0n) is 13.0. The molecule has 0 amide bonds. The predicted molar refractivity (Wildman–Crippen MR) is 92.1 cm³/mol. The van der Waals surface area contributed by atoms with Gasteiger partial charge in [0.2, 0.25) is 0 Å². The smallest absolute Gasteiger partial charge is 0.123 e. The fraction of sp³-hybridized carbons (Fsp3) is 0.250. The van der Waals surface area contributed by atoms with Crippen molar-refractivity contribution in [1.29, 1.82) is 0 Å². The van der Waals surface area contributed by atoms with Gasteiger partial charge in [0.05, 0.1) is 5.52 Å². The topological polar surface area (TPSA) is 24.9 Å². The highest BCUT2D eigenvalue weighted by molar-refractivity contribution is 5.93. The van der Waals surface area contributed by atoms with Gasteiger partial charge < -0.3 is 5.32 Å². The maximum absolute atomic E-state index is 13.1. The van der Waals surface area contributed by atoms with Crippen molar-refractivity contribution in [2.75, 3.05) is 5.32 Å². The number of hydrogen-bond donors (Lipinski definition) is 1. The minimum atomic E-state index is -0.194. The van der Waals surface area contributed by atoms with E-state index in [1.165, 1.54) is 47.3 Å². The molecule has 0 fully saturated rings. The van der Waals surface area contributed by atoms with Gasteiger partial charge in [-0.05, 0) is 55.0 Å². The summed E-state index contributed by atoms with van der Waals surface area (Å²) in [5.74, 6) is -0.194. The molecule has 0 saturated carbocycles. The van der Waals surface area contributed by atoms with Crippen molar-refractivity contribution < 1.29 is 4.39 Å². The largest absolute Gasteiger partial charge is 0.380 e. The van der Waals surface area contributed by atoms with Crippen LogP contribution in [0.25, 0.3) is 10.9 Å². The van der Waals surface area contributed by atoms with Crippen molar-refractivity contribution >= 4 is 16.6 Å². The lowest BCUT2D eigenvalue weighted by Gasteiger charge is -2.21. The predicted octanol–water partition coefficient (Wildman–Crippen LogP) is 4.86. The van der Waals surface area contributed by atoms with Gasteiger partial charge in [-0.25, -0.2) is 4.39 Å².